The average Bonchev–Trinajstić information content (AvgIpc) is 3.18. The Hall–Kier alpha value is -3.43. The number of para-hydroxylation sites is 3. The Kier molecular flexibility index (Phi) is 4.25. The van der Waals surface area contributed by atoms with Crippen LogP contribution in [0.25, 0.3) is 28.1 Å². The lowest BCUT2D eigenvalue weighted by atomic mass is 9.79. The normalized spacial score (nSPS) is 19.9. The number of hydrogen-bond acceptors (Lipinski definition) is 1. The molecule has 0 aliphatic heterocycles. The highest BCUT2D eigenvalue weighted by atomic mass is 19.4. The highest BCUT2D eigenvalue weighted by molar-refractivity contribution is 5.83. The van der Waals surface area contributed by atoms with Gasteiger partial charge in [0.25, 0.3) is 0 Å². The number of nitrogens with zero attached hydrogens (tertiary/aromatic N) is 2. The van der Waals surface area contributed by atoms with Gasteiger partial charge in [-0.15, -0.1) is 0 Å². The summed E-state index contributed by atoms with van der Waals surface area (Å²) in [6.07, 6.45) is 0. The van der Waals surface area contributed by atoms with E-state index in [4.69, 9.17) is 0 Å². The molecule has 10 heteroatoms. The molecule has 0 atom stereocenters. The van der Waals surface area contributed by atoms with Crippen LogP contribution >= 0.6 is 0 Å². The molecule has 0 radical (unpaired) electrons. The topological polar surface area (TPSA) is 17.8 Å². The van der Waals surface area contributed by atoms with Crippen molar-refractivity contribution < 1.29 is 35.1 Å². The maximum absolute atomic E-state index is 14.5. The van der Waals surface area contributed by atoms with E-state index in [1.165, 1.54) is 4.57 Å². The zero-order valence-corrected chi connectivity index (χ0v) is 16.3. The predicted octanol–water partition coefficient (Wildman–Crippen LogP) is 7.16. The van der Waals surface area contributed by atoms with Gasteiger partial charge in [-0.3, -0.25) is 4.57 Å². The molecule has 0 saturated heterocycles. The van der Waals surface area contributed by atoms with Crippen LogP contribution in [0.5, 0.6) is 0 Å². The van der Waals surface area contributed by atoms with Crippen LogP contribution in [0.1, 0.15) is 11.1 Å². The lowest BCUT2D eigenvalue weighted by molar-refractivity contribution is -0.386. The van der Waals surface area contributed by atoms with Crippen LogP contribution in [0.15, 0.2) is 72.8 Å². The lowest BCUT2D eigenvalue weighted by Gasteiger charge is -2.42. The third kappa shape index (κ3) is 2.63. The van der Waals surface area contributed by atoms with Crippen LogP contribution in [0.3, 0.4) is 0 Å². The first-order valence-corrected chi connectivity index (χ1v) is 9.61. The Balaban J connectivity index is 1.81. The summed E-state index contributed by atoms with van der Waals surface area (Å²) >= 11 is 0. The second-order valence-corrected chi connectivity index (χ2v) is 7.65. The zero-order valence-electron chi connectivity index (χ0n) is 16.3. The van der Waals surface area contributed by atoms with Gasteiger partial charge in [-0.05, 0) is 30.3 Å². The van der Waals surface area contributed by atoms with Gasteiger partial charge >= 0.3 is 23.7 Å². The molecule has 0 saturated carbocycles. The number of alkyl halides is 8. The second-order valence-electron chi connectivity index (χ2n) is 7.65. The van der Waals surface area contributed by atoms with E-state index in [9.17, 15) is 35.1 Å². The predicted molar refractivity (Wildman–Crippen MR) is 104 cm³/mol. The molecule has 0 N–H and O–H groups in total. The molecule has 0 unspecified atom stereocenters. The molecule has 0 bridgehead atoms. The summed E-state index contributed by atoms with van der Waals surface area (Å²) in [5.74, 6) is -23.7. The van der Waals surface area contributed by atoms with E-state index >= 15 is 0 Å². The highest BCUT2D eigenvalue weighted by Crippen LogP contribution is 2.64. The Morgan fingerprint density at radius 1 is 0.606 bits per heavy atom. The minimum absolute atomic E-state index is 0.00929. The first kappa shape index (κ1) is 21.4. The quantitative estimate of drug-likeness (QED) is 0.286. The van der Waals surface area contributed by atoms with Crippen molar-refractivity contribution in [2.45, 2.75) is 23.7 Å². The number of benzene rings is 3. The molecule has 3 aromatic carbocycles. The van der Waals surface area contributed by atoms with Gasteiger partial charge in [0.05, 0.1) is 11.0 Å². The number of fused-ring (bicyclic) bond motifs is 2. The van der Waals surface area contributed by atoms with Crippen LogP contribution in [0.4, 0.5) is 35.1 Å². The first-order valence-electron chi connectivity index (χ1n) is 9.61. The SMILES string of the molecule is FC1(F)c2ccc(-c3nc4ccccc4n3-c3ccccc3)cc2C(F)(F)C(F)(F)C1(F)F. The molecule has 1 aliphatic carbocycles. The van der Waals surface area contributed by atoms with E-state index in [2.05, 4.69) is 4.98 Å². The van der Waals surface area contributed by atoms with Gasteiger partial charge in [0.1, 0.15) is 5.82 Å². The largest absolute Gasteiger partial charge is 0.382 e. The third-order valence-corrected chi connectivity index (χ3v) is 5.71. The van der Waals surface area contributed by atoms with Crippen molar-refractivity contribution in [3.8, 4) is 17.1 Å². The molecule has 4 aromatic rings. The highest BCUT2D eigenvalue weighted by Gasteiger charge is 2.85. The maximum Gasteiger partial charge on any atom is 0.382 e. The van der Waals surface area contributed by atoms with Crippen molar-refractivity contribution >= 4 is 11.0 Å². The van der Waals surface area contributed by atoms with E-state index in [1.807, 2.05) is 0 Å². The van der Waals surface area contributed by atoms with Crippen molar-refractivity contribution in [1.29, 1.82) is 0 Å². The molecule has 0 fully saturated rings. The summed E-state index contributed by atoms with van der Waals surface area (Å²) in [4.78, 5) is 4.35. The number of halogens is 8. The number of aromatic nitrogens is 2. The molecule has 0 amide bonds. The summed E-state index contributed by atoms with van der Waals surface area (Å²) in [6, 6.07) is 16.7. The van der Waals surface area contributed by atoms with Crippen LogP contribution < -0.4 is 0 Å². The molecule has 5 rings (SSSR count). The van der Waals surface area contributed by atoms with Crippen molar-refractivity contribution in [3.05, 3.63) is 83.9 Å². The maximum atomic E-state index is 14.5. The molecule has 33 heavy (non-hydrogen) atoms. The third-order valence-electron chi connectivity index (χ3n) is 5.71. The molecule has 1 aliphatic rings. The van der Waals surface area contributed by atoms with Crippen LogP contribution in [-0.4, -0.2) is 21.4 Å². The number of rotatable bonds is 2. The Bertz CT molecular complexity index is 1380. The van der Waals surface area contributed by atoms with Gasteiger partial charge < -0.3 is 0 Å². The second kappa shape index (κ2) is 6.55. The fourth-order valence-electron chi connectivity index (χ4n) is 4.01. The molecule has 1 aromatic heterocycles. The van der Waals surface area contributed by atoms with Crippen molar-refractivity contribution in [2.24, 2.45) is 0 Å². The van der Waals surface area contributed by atoms with E-state index in [-0.39, 0.29) is 11.4 Å². The molecule has 170 valence electrons. The van der Waals surface area contributed by atoms with Crippen LogP contribution in [0, 0.1) is 0 Å². The molecule has 2 nitrogen and oxygen atoms in total. The van der Waals surface area contributed by atoms with E-state index in [0.717, 1.165) is 6.07 Å². The van der Waals surface area contributed by atoms with Gasteiger partial charge in [-0.25, -0.2) is 4.98 Å². The zero-order chi connectivity index (χ0) is 23.8. The summed E-state index contributed by atoms with van der Waals surface area (Å²) in [7, 11) is 0. The smallest absolute Gasteiger partial charge is 0.292 e. The Labute approximate surface area is 181 Å². The van der Waals surface area contributed by atoms with E-state index in [1.54, 1.807) is 54.6 Å². The van der Waals surface area contributed by atoms with Gasteiger partial charge in [-0.2, -0.15) is 35.1 Å². The summed E-state index contributed by atoms with van der Waals surface area (Å²) in [6.45, 7) is 0. The molecule has 1 heterocycles. The summed E-state index contributed by atoms with van der Waals surface area (Å²) < 4.78 is 115. The molecular weight excluding hydrogens is 456 g/mol. The molecule has 0 spiro atoms. The van der Waals surface area contributed by atoms with E-state index in [0.29, 0.717) is 28.9 Å². The fourth-order valence-corrected chi connectivity index (χ4v) is 4.01. The van der Waals surface area contributed by atoms with Gasteiger partial charge in [0, 0.05) is 22.4 Å². The lowest BCUT2D eigenvalue weighted by Crippen LogP contribution is -2.63. The van der Waals surface area contributed by atoms with Crippen molar-refractivity contribution in [3.63, 3.8) is 0 Å². The Morgan fingerprint density at radius 3 is 1.85 bits per heavy atom. The molecular formula is C23H12F8N2. The monoisotopic (exact) mass is 468 g/mol. The number of imidazole rings is 1. The van der Waals surface area contributed by atoms with Gasteiger partial charge in [-0.1, -0.05) is 42.5 Å². The average molecular weight is 468 g/mol. The van der Waals surface area contributed by atoms with Crippen molar-refractivity contribution in [2.75, 3.05) is 0 Å². The van der Waals surface area contributed by atoms with Crippen LogP contribution in [-0.2, 0) is 11.8 Å². The first-order chi connectivity index (χ1) is 15.4. The summed E-state index contributed by atoms with van der Waals surface area (Å²) in [5, 5.41) is 0. The van der Waals surface area contributed by atoms with E-state index < -0.39 is 34.8 Å². The van der Waals surface area contributed by atoms with Crippen LogP contribution in [0.2, 0.25) is 0 Å². The van der Waals surface area contributed by atoms with Crippen molar-refractivity contribution in [1.82, 2.24) is 9.55 Å². The summed E-state index contributed by atoms with van der Waals surface area (Å²) in [5.41, 5.74) is -2.45. The minimum Gasteiger partial charge on any atom is -0.292 e. The number of hydrogen-bond donors (Lipinski definition) is 0. The minimum atomic E-state index is -6.31. The Morgan fingerprint density at radius 2 is 1.18 bits per heavy atom. The van der Waals surface area contributed by atoms with Gasteiger partial charge in [0.2, 0.25) is 0 Å². The fraction of sp³-hybridized carbons (Fsp3) is 0.174. The van der Waals surface area contributed by atoms with Gasteiger partial charge in [0.15, 0.2) is 0 Å². The standard InChI is InChI=1S/C23H12F8N2/c24-20(25)15-11-10-13(12-16(15)21(26,27)23(30,31)22(20,28)29)19-32-17-8-4-5-9-18(17)33(19)14-6-2-1-3-7-14/h1-12H.